The third-order valence-electron chi connectivity index (χ3n) is 5.38. The number of para-hydroxylation sites is 1. The molecule has 2 saturated heterocycles. The number of likely N-dealkylation sites (tertiary alicyclic amines) is 2. The van der Waals surface area contributed by atoms with E-state index >= 15 is 0 Å². The quantitative estimate of drug-likeness (QED) is 0.873. The summed E-state index contributed by atoms with van der Waals surface area (Å²) in [6, 6.07) is 7.11. The van der Waals surface area contributed by atoms with Crippen LogP contribution < -0.4 is 5.32 Å². The third-order valence-corrected chi connectivity index (χ3v) is 5.71. The molecule has 142 valence electrons. The maximum absolute atomic E-state index is 12.7. The molecule has 1 spiro atoms. The number of carbonyl (C=O) groups is 2. The Balaban J connectivity index is 1.65. The maximum atomic E-state index is 12.7. The first-order valence-corrected chi connectivity index (χ1v) is 9.48. The molecule has 0 aliphatic carbocycles. The number of anilines is 1. The van der Waals surface area contributed by atoms with Gasteiger partial charge in [0.2, 0.25) is 5.91 Å². The van der Waals surface area contributed by atoms with E-state index in [1.54, 1.807) is 19.2 Å². The number of amides is 3. The molecule has 6 nitrogen and oxygen atoms in total. The lowest BCUT2D eigenvalue weighted by Gasteiger charge is -2.48. The molecule has 2 fully saturated rings. The van der Waals surface area contributed by atoms with E-state index in [2.05, 4.69) is 5.32 Å². The summed E-state index contributed by atoms with van der Waals surface area (Å²) >= 11 is 6.14. The second kappa shape index (κ2) is 8.27. The Labute approximate surface area is 159 Å². The van der Waals surface area contributed by atoms with Gasteiger partial charge in [-0.05, 0) is 31.4 Å². The third kappa shape index (κ3) is 4.30. The van der Waals surface area contributed by atoms with E-state index in [-0.39, 0.29) is 17.4 Å². The summed E-state index contributed by atoms with van der Waals surface area (Å²) in [5, 5.41) is 3.44. The average Bonchev–Trinajstić information content (AvgIpc) is 2.65. The standard InChI is InChI=1S/C19H26ClN3O3/c1-26-12-11-22-13-19(9-7-17(22)24)8-4-10-23(14-19)18(25)21-16-6-3-2-5-15(16)20/h2-3,5-6H,4,7-14H2,1H3,(H,21,25)/t19-/m0/s1. The van der Waals surface area contributed by atoms with E-state index < -0.39 is 0 Å². The summed E-state index contributed by atoms with van der Waals surface area (Å²) in [5.74, 6) is 0.185. The topological polar surface area (TPSA) is 61.9 Å². The summed E-state index contributed by atoms with van der Waals surface area (Å²) in [5.41, 5.74) is 0.608. The van der Waals surface area contributed by atoms with Crippen molar-refractivity contribution in [3.8, 4) is 0 Å². The van der Waals surface area contributed by atoms with Gasteiger partial charge in [0, 0.05) is 45.1 Å². The van der Waals surface area contributed by atoms with Gasteiger partial charge in [-0.3, -0.25) is 4.79 Å². The van der Waals surface area contributed by atoms with Crippen LogP contribution in [-0.2, 0) is 9.53 Å². The van der Waals surface area contributed by atoms with E-state index in [1.807, 2.05) is 21.9 Å². The molecular weight excluding hydrogens is 354 g/mol. The van der Waals surface area contributed by atoms with Crippen molar-refractivity contribution in [3.63, 3.8) is 0 Å². The highest BCUT2D eigenvalue weighted by molar-refractivity contribution is 6.33. The first-order valence-electron chi connectivity index (χ1n) is 9.10. The van der Waals surface area contributed by atoms with E-state index in [0.717, 1.165) is 25.8 Å². The average molecular weight is 380 g/mol. The van der Waals surface area contributed by atoms with Crippen LogP contribution in [0.3, 0.4) is 0 Å². The number of ether oxygens (including phenoxy) is 1. The number of nitrogens with zero attached hydrogens (tertiary/aromatic N) is 2. The highest BCUT2D eigenvalue weighted by atomic mass is 35.5. The molecule has 2 aliphatic rings. The SMILES string of the molecule is COCCN1C[C@]2(CCCN(C(=O)Nc3ccccc3Cl)C2)CCC1=O. The van der Waals surface area contributed by atoms with Crippen molar-refractivity contribution < 1.29 is 14.3 Å². The Hall–Kier alpha value is -1.79. The zero-order valence-corrected chi connectivity index (χ0v) is 15.9. The van der Waals surface area contributed by atoms with Gasteiger partial charge in [-0.25, -0.2) is 4.79 Å². The van der Waals surface area contributed by atoms with Crippen LogP contribution >= 0.6 is 11.6 Å². The van der Waals surface area contributed by atoms with Crippen molar-refractivity contribution in [2.45, 2.75) is 25.7 Å². The molecule has 0 aromatic heterocycles. The summed E-state index contributed by atoms with van der Waals surface area (Å²) in [6.45, 7) is 3.25. The maximum Gasteiger partial charge on any atom is 0.321 e. The number of methoxy groups -OCH3 is 1. The first-order chi connectivity index (χ1) is 12.5. The van der Waals surface area contributed by atoms with Gasteiger partial charge in [-0.2, -0.15) is 0 Å². The molecule has 2 aliphatic heterocycles. The molecule has 26 heavy (non-hydrogen) atoms. The fourth-order valence-electron chi connectivity index (χ4n) is 3.98. The number of carbonyl (C=O) groups excluding carboxylic acids is 2. The second-order valence-corrected chi connectivity index (χ2v) is 7.65. The van der Waals surface area contributed by atoms with E-state index in [4.69, 9.17) is 16.3 Å². The number of urea groups is 1. The monoisotopic (exact) mass is 379 g/mol. The molecule has 1 aromatic rings. The molecule has 0 saturated carbocycles. The molecule has 0 radical (unpaired) electrons. The number of halogens is 1. The Kier molecular flexibility index (Phi) is 6.04. The molecule has 2 heterocycles. The van der Waals surface area contributed by atoms with Crippen molar-refractivity contribution in [3.05, 3.63) is 29.3 Å². The van der Waals surface area contributed by atoms with Crippen molar-refractivity contribution >= 4 is 29.2 Å². The van der Waals surface area contributed by atoms with Crippen molar-refractivity contribution in [1.29, 1.82) is 0 Å². The largest absolute Gasteiger partial charge is 0.383 e. The molecule has 0 bridgehead atoms. The fraction of sp³-hybridized carbons (Fsp3) is 0.579. The molecule has 0 unspecified atom stereocenters. The number of benzene rings is 1. The Morgan fingerprint density at radius 1 is 1.31 bits per heavy atom. The molecule has 7 heteroatoms. The highest BCUT2D eigenvalue weighted by Crippen LogP contribution is 2.39. The van der Waals surface area contributed by atoms with Gasteiger partial charge in [-0.1, -0.05) is 23.7 Å². The van der Waals surface area contributed by atoms with Crippen LogP contribution in [0.2, 0.25) is 5.02 Å². The number of rotatable bonds is 4. The summed E-state index contributed by atoms with van der Waals surface area (Å²) in [7, 11) is 1.64. The molecular formula is C19H26ClN3O3. The zero-order valence-electron chi connectivity index (χ0n) is 15.2. The van der Waals surface area contributed by atoms with Crippen LogP contribution in [0, 0.1) is 5.41 Å². The zero-order chi connectivity index (χ0) is 18.6. The second-order valence-electron chi connectivity index (χ2n) is 7.24. The number of hydrogen-bond acceptors (Lipinski definition) is 3. The fourth-order valence-corrected chi connectivity index (χ4v) is 4.16. The minimum absolute atomic E-state index is 0.0161. The van der Waals surface area contributed by atoms with Crippen LogP contribution in [0.1, 0.15) is 25.7 Å². The summed E-state index contributed by atoms with van der Waals surface area (Å²) in [6.07, 6.45) is 3.37. The summed E-state index contributed by atoms with van der Waals surface area (Å²) < 4.78 is 5.12. The van der Waals surface area contributed by atoms with Gasteiger partial charge in [0.05, 0.1) is 17.3 Å². The molecule has 1 atom stereocenters. The van der Waals surface area contributed by atoms with Crippen molar-refractivity contribution in [1.82, 2.24) is 9.80 Å². The predicted octanol–water partition coefficient (Wildman–Crippen LogP) is 3.22. The Morgan fingerprint density at radius 3 is 2.88 bits per heavy atom. The van der Waals surface area contributed by atoms with Crippen molar-refractivity contribution in [2.24, 2.45) is 5.41 Å². The van der Waals surface area contributed by atoms with Crippen LogP contribution in [-0.4, -0.2) is 61.6 Å². The minimum atomic E-state index is -0.127. The van der Waals surface area contributed by atoms with E-state index in [9.17, 15) is 9.59 Å². The van der Waals surface area contributed by atoms with Gasteiger partial charge < -0.3 is 19.9 Å². The normalized spacial score (nSPS) is 23.4. The van der Waals surface area contributed by atoms with Gasteiger partial charge in [-0.15, -0.1) is 0 Å². The first kappa shape index (κ1) is 19.0. The molecule has 3 rings (SSSR count). The Bertz CT molecular complexity index is 669. The number of piperidine rings is 2. The molecule has 1 aromatic carbocycles. The smallest absolute Gasteiger partial charge is 0.321 e. The van der Waals surface area contributed by atoms with Crippen molar-refractivity contribution in [2.75, 3.05) is 45.2 Å². The van der Waals surface area contributed by atoms with Gasteiger partial charge >= 0.3 is 6.03 Å². The lowest BCUT2D eigenvalue weighted by Crippen LogP contribution is -2.56. The van der Waals surface area contributed by atoms with Crippen LogP contribution in [0.15, 0.2) is 24.3 Å². The van der Waals surface area contributed by atoms with Gasteiger partial charge in [0.15, 0.2) is 0 Å². The molecule has 1 N–H and O–H groups in total. The van der Waals surface area contributed by atoms with Crippen LogP contribution in [0.5, 0.6) is 0 Å². The minimum Gasteiger partial charge on any atom is -0.383 e. The molecule has 3 amide bonds. The lowest BCUT2D eigenvalue weighted by molar-refractivity contribution is -0.139. The lowest BCUT2D eigenvalue weighted by atomic mass is 9.73. The predicted molar refractivity (Wildman–Crippen MR) is 101 cm³/mol. The number of hydrogen-bond donors (Lipinski definition) is 1. The summed E-state index contributed by atoms with van der Waals surface area (Å²) in [4.78, 5) is 28.7. The van der Waals surface area contributed by atoms with Gasteiger partial charge in [0.1, 0.15) is 0 Å². The Morgan fingerprint density at radius 2 is 2.12 bits per heavy atom. The van der Waals surface area contributed by atoms with Gasteiger partial charge in [0.25, 0.3) is 0 Å². The highest BCUT2D eigenvalue weighted by Gasteiger charge is 2.42. The van der Waals surface area contributed by atoms with E-state index in [0.29, 0.717) is 43.4 Å². The van der Waals surface area contributed by atoms with Crippen LogP contribution in [0.4, 0.5) is 10.5 Å². The number of nitrogens with one attached hydrogen (secondary N) is 1. The van der Waals surface area contributed by atoms with E-state index in [1.165, 1.54) is 0 Å². The van der Waals surface area contributed by atoms with Crippen LogP contribution in [0.25, 0.3) is 0 Å².